The molecule has 20 heavy (non-hydrogen) atoms. The average Bonchev–Trinajstić information content (AvgIpc) is 2.52. The summed E-state index contributed by atoms with van der Waals surface area (Å²) in [4.78, 5) is 2.37. The van der Waals surface area contributed by atoms with E-state index in [2.05, 4.69) is 10.2 Å². The van der Waals surface area contributed by atoms with Crippen LogP contribution in [0.1, 0.15) is 18.1 Å². The average molecular weight is 280 g/mol. The highest BCUT2D eigenvalue weighted by atomic mass is 16.5. The van der Waals surface area contributed by atoms with Crippen LogP contribution in [0.25, 0.3) is 0 Å². The van der Waals surface area contributed by atoms with E-state index in [0.717, 1.165) is 44.0 Å². The second-order valence-corrected chi connectivity index (χ2v) is 5.00. The van der Waals surface area contributed by atoms with Gasteiger partial charge in [-0.15, -0.1) is 0 Å². The molecular weight excluding hydrogens is 256 g/mol. The largest absolute Gasteiger partial charge is 0.497 e. The molecule has 5 nitrogen and oxygen atoms in total. The molecule has 5 heteroatoms. The number of aliphatic hydroxyl groups excluding tert-OH is 1. The van der Waals surface area contributed by atoms with Crippen LogP contribution in [0.15, 0.2) is 18.2 Å². The van der Waals surface area contributed by atoms with E-state index in [1.807, 2.05) is 18.2 Å². The number of benzene rings is 1. The predicted octanol–water partition coefficient (Wildman–Crippen LogP) is 1.03. The monoisotopic (exact) mass is 280 g/mol. The van der Waals surface area contributed by atoms with Crippen LogP contribution in [-0.4, -0.2) is 56.9 Å². The molecule has 1 aliphatic heterocycles. The molecule has 0 spiro atoms. The van der Waals surface area contributed by atoms with Gasteiger partial charge in [-0.1, -0.05) is 0 Å². The smallest absolute Gasteiger partial charge is 0.128 e. The summed E-state index contributed by atoms with van der Waals surface area (Å²) < 4.78 is 10.5. The van der Waals surface area contributed by atoms with Gasteiger partial charge in [0.1, 0.15) is 11.5 Å². The molecule has 2 rings (SSSR count). The van der Waals surface area contributed by atoms with Crippen LogP contribution in [0.5, 0.6) is 11.5 Å². The van der Waals surface area contributed by atoms with Crippen molar-refractivity contribution >= 4 is 0 Å². The number of ether oxygens (including phenoxy) is 2. The lowest BCUT2D eigenvalue weighted by Gasteiger charge is -2.28. The van der Waals surface area contributed by atoms with Gasteiger partial charge in [0, 0.05) is 44.4 Å². The number of piperazine rings is 1. The van der Waals surface area contributed by atoms with E-state index in [4.69, 9.17) is 9.47 Å². The molecule has 1 aliphatic rings. The van der Waals surface area contributed by atoms with Crippen molar-refractivity contribution < 1.29 is 14.6 Å². The van der Waals surface area contributed by atoms with Crippen LogP contribution < -0.4 is 14.8 Å². The predicted molar refractivity (Wildman–Crippen MR) is 78.4 cm³/mol. The van der Waals surface area contributed by atoms with E-state index in [0.29, 0.717) is 12.2 Å². The lowest BCUT2D eigenvalue weighted by molar-refractivity contribution is 0.134. The summed E-state index contributed by atoms with van der Waals surface area (Å²) in [7, 11) is 3.23. The van der Waals surface area contributed by atoms with Crippen molar-refractivity contribution in [2.45, 2.75) is 12.5 Å². The van der Waals surface area contributed by atoms with Crippen LogP contribution in [-0.2, 0) is 0 Å². The Kier molecular flexibility index (Phi) is 5.64. The molecule has 1 heterocycles. The molecule has 0 saturated carbocycles. The van der Waals surface area contributed by atoms with E-state index in [1.54, 1.807) is 14.2 Å². The summed E-state index contributed by atoms with van der Waals surface area (Å²) in [5, 5.41) is 13.7. The van der Waals surface area contributed by atoms with Gasteiger partial charge in [0.2, 0.25) is 0 Å². The highest BCUT2D eigenvalue weighted by Gasteiger charge is 2.16. The first-order valence-electron chi connectivity index (χ1n) is 7.07. The second kappa shape index (κ2) is 7.47. The Bertz CT molecular complexity index is 420. The van der Waals surface area contributed by atoms with Gasteiger partial charge >= 0.3 is 0 Å². The number of hydrogen-bond donors (Lipinski definition) is 2. The zero-order valence-electron chi connectivity index (χ0n) is 12.3. The Morgan fingerprint density at radius 1 is 1.25 bits per heavy atom. The van der Waals surface area contributed by atoms with Crippen LogP contribution in [0.4, 0.5) is 0 Å². The van der Waals surface area contributed by atoms with Crippen LogP contribution >= 0.6 is 0 Å². The summed E-state index contributed by atoms with van der Waals surface area (Å²) in [6.45, 7) is 5.06. The molecule has 0 aliphatic carbocycles. The third-order valence-electron chi connectivity index (χ3n) is 3.73. The van der Waals surface area contributed by atoms with Crippen LogP contribution in [0.3, 0.4) is 0 Å². The summed E-state index contributed by atoms with van der Waals surface area (Å²) in [5.74, 6) is 1.41. The van der Waals surface area contributed by atoms with Crippen molar-refractivity contribution in [2.24, 2.45) is 0 Å². The SMILES string of the molecule is COc1ccc(C(O)CCN2CCNCC2)c(OC)c1. The van der Waals surface area contributed by atoms with Crippen molar-refractivity contribution in [1.29, 1.82) is 0 Å². The molecule has 112 valence electrons. The summed E-state index contributed by atoms with van der Waals surface area (Å²) in [6.07, 6.45) is 0.202. The Labute approximate surface area is 120 Å². The van der Waals surface area contributed by atoms with Gasteiger partial charge in [-0.2, -0.15) is 0 Å². The third kappa shape index (κ3) is 3.85. The van der Waals surface area contributed by atoms with Crippen molar-refractivity contribution in [2.75, 3.05) is 46.9 Å². The Balaban J connectivity index is 1.95. The number of nitrogens with zero attached hydrogens (tertiary/aromatic N) is 1. The Morgan fingerprint density at radius 3 is 2.65 bits per heavy atom. The molecule has 0 radical (unpaired) electrons. The molecule has 1 aromatic rings. The summed E-state index contributed by atoms with van der Waals surface area (Å²) >= 11 is 0. The molecule has 1 atom stereocenters. The minimum absolute atomic E-state index is 0.509. The Morgan fingerprint density at radius 2 is 2.00 bits per heavy atom. The molecule has 1 unspecified atom stereocenters. The molecular formula is C15H24N2O3. The van der Waals surface area contributed by atoms with Crippen molar-refractivity contribution in [3.63, 3.8) is 0 Å². The number of rotatable bonds is 6. The van der Waals surface area contributed by atoms with Crippen LogP contribution in [0.2, 0.25) is 0 Å². The molecule has 0 bridgehead atoms. The van der Waals surface area contributed by atoms with Gasteiger partial charge in [-0.05, 0) is 18.6 Å². The van der Waals surface area contributed by atoms with Gasteiger partial charge in [0.15, 0.2) is 0 Å². The number of aliphatic hydroxyl groups is 1. The van der Waals surface area contributed by atoms with E-state index < -0.39 is 6.10 Å². The van der Waals surface area contributed by atoms with Gasteiger partial charge in [-0.25, -0.2) is 0 Å². The fourth-order valence-electron chi connectivity index (χ4n) is 2.49. The van der Waals surface area contributed by atoms with E-state index >= 15 is 0 Å². The Hall–Kier alpha value is -1.30. The fourth-order valence-corrected chi connectivity index (χ4v) is 2.49. The zero-order valence-corrected chi connectivity index (χ0v) is 12.3. The highest BCUT2D eigenvalue weighted by molar-refractivity contribution is 5.41. The first-order chi connectivity index (χ1) is 9.74. The zero-order chi connectivity index (χ0) is 14.4. The van der Waals surface area contributed by atoms with Crippen molar-refractivity contribution in [3.8, 4) is 11.5 Å². The maximum atomic E-state index is 10.4. The number of nitrogens with one attached hydrogen (secondary N) is 1. The minimum Gasteiger partial charge on any atom is -0.497 e. The molecule has 0 amide bonds. The van der Waals surface area contributed by atoms with Gasteiger partial charge in [-0.3, -0.25) is 0 Å². The van der Waals surface area contributed by atoms with E-state index in [1.165, 1.54) is 0 Å². The molecule has 2 N–H and O–H groups in total. The van der Waals surface area contributed by atoms with Gasteiger partial charge < -0.3 is 24.8 Å². The topological polar surface area (TPSA) is 54.0 Å². The normalized spacial score (nSPS) is 17.8. The van der Waals surface area contributed by atoms with E-state index in [9.17, 15) is 5.11 Å². The number of methoxy groups -OCH3 is 2. The molecule has 0 aromatic heterocycles. The number of hydrogen-bond acceptors (Lipinski definition) is 5. The van der Waals surface area contributed by atoms with Crippen molar-refractivity contribution in [1.82, 2.24) is 10.2 Å². The van der Waals surface area contributed by atoms with Gasteiger partial charge in [0.05, 0.1) is 20.3 Å². The lowest BCUT2D eigenvalue weighted by Crippen LogP contribution is -2.44. The summed E-state index contributed by atoms with van der Waals surface area (Å²) in [5.41, 5.74) is 0.823. The first kappa shape index (κ1) is 15.1. The molecule has 1 saturated heterocycles. The van der Waals surface area contributed by atoms with Crippen molar-refractivity contribution in [3.05, 3.63) is 23.8 Å². The molecule has 1 aromatic carbocycles. The highest BCUT2D eigenvalue weighted by Crippen LogP contribution is 2.31. The minimum atomic E-state index is -0.509. The van der Waals surface area contributed by atoms with E-state index in [-0.39, 0.29) is 0 Å². The maximum absolute atomic E-state index is 10.4. The fraction of sp³-hybridized carbons (Fsp3) is 0.600. The second-order valence-electron chi connectivity index (χ2n) is 5.00. The van der Waals surface area contributed by atoms with Crippen LogP contribution in [0, 0.1) is 0 Å². The third-order valence-corrected chi connectivity index (χ3v) is 3.73. The van der Waals surface area contributed by atoms with Gasteiger partial charge in [0.25, 0.3) is 0 Å². The first-order valence-corrected chi connectivity index (χ1v) is 7.07. The summed E-state index contributed by atoms with van der Waals surface area (Å²) in [6, 6.07) is 5.54. The standard InChI is InChI=1S/C15H24N2O3/c1-19-12-3-4-13(15(11-12)20-2)14(18)5-8-17-9-6-16-7-10-17/h3-4,11,14,16,18H,5-10H2,1-2H3. The maximum Gasteiger partial charge on any atom is 0.128 e. The quantitative estimate of drug-likeness (QED) is 0.815. The lowest BCUT2D eigenvalue weighted by atomic mass is 10.0. The molecule has 1 fully saturated rings.